The third-order valence-electron chi connectivity index (χ3n) is 3.61. The number of thiazole rings is 1. The Morgan fingerprint density at radius 1 is 1.50 bits per heavy atom. The van der Waals surface area contributed by atoms with E-state index in [0.717, 1.165) is 17.7 Å². The molecule has 1 aliphatic heterocycles. The fourth-order valence-corrected chi connectivity index (χ4v) is 3.25. The number of hydrogen-bond donors (Lipinski definition) is 2. The molecule has 20 heavy (non-hydrogen) atoms. The summed E-state index contributed by atoms with van der Waals surface area (Å²) in [4.78, 5) is 15.1. The van der Waals surface area contributed by atoms with Crippen LogP contribution in [0.15, 0.2) is 17.6 Å². The second-order valence-corrected chi connectivity index (χ2v) is 5.83. The van der Waals surface area contributed by atoms with E-state index in [0.29, 0.717) is 23.8 Å². The van der Waals surface area contributed by atoms with Crippen LogP contribution < -0.4 is 10.6 Å². The predicted molar refractivity (Wildman–Crippen MR) is 80.4 cm³/mol. The molecule has 0 bridgehead atoms. The van der Waals surface area contributed by atoms with Gasteiger partial charge in [0.2, 0.25) is 0 Å². The van der Waals surface area contributed by atoms with Gasteiger partial charge in [0.25, 0.3) is 0 Å². The topological polar surface area (TPSA) is 80.1 Å². The summed E-state index contributed by atoms with van der Waals surface area (Å²) in [6.07, 6.45) is 3.54. The van der Waals surface area contributed by atoms with Crippen molar-refractivity contribution >= 4 is 32.9 Å². The van der Waals surface area contributed by atoms with Crippen LogP contribution in [0.25, 0.3) is 10.2 Å². The lowest BCUT2D eigenvalue weighted by molar-refractivity contribution is -0.382. The number of rotatable bonds is 4. The molecule has 0 spiro atoms. The van der Waals surface area contributed by atoms with Gasteiger partial charge >= 0.3 is 5.69 Å². The Labute approximate surface area is 120 Å². The quantitative estimate of drug-likeness (QED) is 0.669. The number of aromatic nitrogens is 1. The predicted octanol–water partition coefficient (Wildman–Crippen LogP) is 2.76. The van der Waals surface area contributed by atoms with E-state index in [1.54, 1.807) is 11.6 Å². The van der Waals surface area contributed by atoms with Crippen molar-refractivity contribution in [1.29, 1.82) is 0 Å². The number of benzene rings is 1. The maximum absolute atomic E-state index is 11.3. The third kappa shape index (κ3) is 2.59. The fraction of sp³-hybridized carbons (Fsp3) is 0.462. The molecule has 106 valence electrons. The van der Waals surface area contributed by atoms with Crippen molar-refractivity contribution in [1.82, 2.24) is 10.3 Å². The molecule has 1 fully saturated rings. The van der Waals surface area contributed by atoms with Gasteiger partial charge < -0.3 is 10.6 Å². The number of nitrogens with zero attached hydrogens (tertiary/aromatic N) is 2. The molecule has 0 radical (unpaired) electrons. The molecule has 1 aliphatic rings. The minimum Gasteiger partial charge on any atom is -0.378 e. The van der Waals surface area contributed by atoms with E-state index in [4.69, 9.17) is 0 Å². The van der Waals surface area contributed by atoms with Gasteiger partial charge in [0.15, 0.2) is 5.52 Å². The largest absolute Gasteiger partial charge is 0.378 e. The Kier molecular flexibility index (Phi) is 3.79. The van der Waals surface area contributed by atoms with Crippen LogP contribution in [-0.4, -0.2) is 29.0 Å². The summed E-state index contributed by atoms with van der Waals surface area (Å²) in [6.45, 7) is 1.73. The van der Waals surface area contributed by atoms with E-state index >= 15 is 0 Å². The van der Waals surface area contributed by atoms with Gasteiger partial charge in [0, 0.05) is 12.6 Å². The Morgan fingerprint density at radius 3 is 3.15 bits per heavy atom. The first-order valence-electron chi connectivity index (χ1n) is 6.73. The first kappa shape index (κ1) is 13.3. The molecule has 7 heteroatoms. The van der Waals surface area contributed by atoms with Crippen LogP contribution in [0.2, 0.25) is 0 Å². The van der Waals surface area contributed by atoms with Crippen molar-refractivity contribution in [3.05, 3.63) is 27.8 Å². The molecule has 0 aliphatic carbocycles. The number of hydrogen-bond acceptors (Lipinski definition) is 6. The number of anilines is 1. The Morgan fingerprint density at radius 2 is 2.40 bits per heavy atom. The highest BCUT2D eigenvalue weighted by molar-refractivity contribution is 7.16. The van der Waals surface area contributed by atoms with Crippen LogP contribution in [0, 0.1) is 10.1 Å². The second kappa shape index (κ2) is 5.72. The van der Waals surface area contributed by atoms with Crippen molar-refractivity contribution in [3.63, 3.8) is 0 Å². The first-order valence-corrected chi connectivity index (χ1v) is 7.61. The summed E-state index contributed by atoms with van der Waals surface area (Å²) in [6, 6.07) is 4.05. The van der Waals surface area contributed by atoms with E-state index in [9.17, 15) is 10.1 Å². The molecular weight excluding hydrogens is 276 g/mol. The van der Waals surface area contributed by atoms with Crippen LogP contribution in [-0.2, 0) is 0 Å². The van der Waals surface area contributed by atoms with Gasteiger partial charge in [-0.05, 0) is 31.5 Å². The van der Waals surface area contributed by atoms with Gasteiger partial charge in [-0.25, -0.2) is 4.98 Å². The normalized spacial score (nSPS) is 19.1. The molecule has 1 saturated heterocycles. The average molecular weight is 292 g/mol. The van der Waals surface area contributed by atoms with Gasteiger partial charge in [-0.3, -0.25) is 10.1 Å². The summed E-state index contributed by atoms with van der Waals surface area (Å²) < 4.78 is 0.845. The zero-order valence-corrected chi connectivity index (χ0v) is 11.8. The Hall–Kier alpha value is -1.73. The monoisotopic (exact) mass is 292 g/mol. The Balaban J connectivity index is 1.82. The maximum atomic E-state index is 11.3. The molecule has 1 aromatic heterocycles. The van der Waals surface area contributed by atoms with Crippen molar-refractivity contribution in [2.75, 3.05) is 18.4 Å². The molecule has 0 saturated carbocycles. The minimum absolute atomic E-state index is 0.0829. The molecule has 2 heterocycles. The summed E-state index contributed by atoms with van der Waals surface area (Å²) in [5, 5.41) is 17.9. The summed E-state index contributed by atoms with van der Waals surface area (Å²) in [7, 11) is 0. The number of nitro groups is 1. The van der Waals surface area contributed by atoms with E-state index < -0.39 is 0 Å². The number of nitrogens with one attached hydrogen (secondary N) is 2. The van der Waals surface area contributed by atoms with Gasteiger partial charge in [0.05, 0.1) is 15.1 Å². The number of piperidine rings is 1. The van der Waals surface area contributed by atoms with Crippen LogP contribution in [0.5, 0.6) is 0 Å². The fourth-order valence-electron chi connectivity index (χ4n) is 2.58. The average Bonchev–Trinajstić information content (AvgIpc) is 2.93. The van der Waals surface area contributed by atoms with Crippen molar-refractivity contribution < 1.29 is 4.92 Å². The molecule has 1 unspecified atom stereocenters. The van der Waals surface area contributed by atoms with Crippen LogP contribution in [0.3, 0.4) is 0 Å². The van der Waals surface area contributed by atoms with Crippen molar-refractivity contribution in [2.24, 2.45) is 0 Å². The summed E-state index contributed by atoms with van der Waals surface area (Å²) in [5.74, 6) is 0. The third-order valence-corrected chi connectivity index (χ3v) is 4.40. The standard InChI is InChI=1S/C13H16N4O2S/c18-17(19)13-10(4-5-11-12(13)16-8-20-11)15-7-9-3-1-2-6-14-9/h4-5,8-9,14-15H,1-3,6-7H2. The zero-order chi connectivity index (χ0) is 13.9. The highest BCUT2D eigenvalue weighted by atomic mass is 32.1. The first-order chi connectivity index (χ1) is 9.75. The van der Waals surface area contributed by atoms with E-state index in [2.05, 4.69) is 15.6 Å². The molecule has 3 rings (SSSR count). The molecule has 2 N–H and O–H groups in total. The number of fused-ring (bicyclic) bond motifs is 1. The highest BCUT2D eigenvalue weighted by Crippen LogP contribution is 2.34. The van der Waals surface area contributed by atoms with Gasteiger partial charge in [-0.2, -0.15) is 0 Å². The van der Waals surface area contributed by atoms with Crippen molar-refractivity contribution in [3.8, 4) is 0 Å². The smallest absolute Gasteiger partial charge is 0.319 e. The SMILES string of the molecule is O=[N+]([O-])c1c(NCC2CCCCN2)ccc2scnc12. The van der Waals surface area contributed by atoms with Gasteiger partial charge in [0.1, 0.15) is 5.69 Å². The van der Waals surface area contributed by atoms with Crippen LogP contribution in [0.4, 0.5) is 11.4 Å². The number of nitro benzene ring substituents is 1. The van der Waals surface area contributed by atoms with E-state index in [1.165, 1.54) is 24.2 Å². The van der Waals surface area contributed by atoms with Crippen molar-refractivity contribution in [2.45, 2.75) is 25.3 Å². The molecular formula is C13H16N4O2S. The molecule has 6 nitrogen and oxygen atoms in total. The minimum atomic E-state index is -0.349. The van der Waals surface area contributed by atoms with E-state index in [1.807, 2.05) is 6.07 Å². The summed E-state index contributed by atoms with van der Waals surface area (Å²) in [5.41, 5.74) is 2.76. The Bertz CT molecular complexity index is 622. The van der Waals surface area contributed by atoms with Crippen LogP contribution in [0.1, 0.15) is 19.3 Å². The molecule has 1 aromatic carbocycles. The molecule has 1 atom stereocenters. The lowest BCUT2D eigenvalue weighted by atomic mass is 10.1. The maximum Gasteiger partial charge on any atom is 0.319 e. The van der Waals surface area contributed by atoms with Crippen LogP contribution >= 0.6 is 11.3 Å². The van der Waals surface area contributed by atoms with Gasteiger partial charge in [-0.15, -0.1) is 11.3 Å². The summed E-state index contributed by atoms with van der Waals surface area (Å²) >= 11 is 1.42. The van der Waals surface area contributed by atoms with Gasteiger partial charge in [-0.1, -0.05) is 6.42 Å². The molecule has 2 aromatic rings. The lowest BCUT2D eigenvalue weighted by Crippen LogP contribution is -2.39. The molecule has 0 amide bonds. The van der Waals surface area contributed by atoms with E-state index in [-0.39, 0.29) is 10.6 Å². The lowest BCUT2D eigenvalue weighted by Gasteiger charge is -2.24. The zero-order valence-electron chi connectivity index (χ0n) is 11.0. The highest BCUT2D eigenvalue weighted by Gasteiger charge is 2.21. The second-order valence-electron chi connectivity index (χ2n) is 4.95.